The summed E-state index contributed by atoms with van der Waals surface area (Å²) >= 11 is 2.68. The summed E-state index contributed by atoms with van der Waals surface area (Å²) in [6, 6.07) is 0. The fraction of sp³-hybridized carbons (Fsp3) is 0.926. The smallest absolute Gasteiger partial charge is 0.0577 e. The third kappa shape index (κ3) is 3.89. The lowest BCUT2D eigenvalue weighted by atomic mass is 9.47. The van der Waals surface area contributed by atoms with E-state index in [9.17, 15) is 5.11 Å². The second-order valence-electron chi connectivity index (χ2n) is 12.1. The average Bonchev–Trinajstić information content (AvgIpc) is 3.04. The summed E-state index contributed by atoms with van der Waals surface area (Å²) in [6.07, 6.45) is 17.2. The summed E-state index contributed by atoms with van der Waals surface area (Å²) in [5, 5.41) is 10.3. The van der Waals surface area contributed by atoms with Gasteiger partial charge in [0, 0.05) is 9.84 Å². The van der Waals surface area contributed by atoms with Crippen LogP contribution in [-0.4, -0.2) is 15.6 Å². The molecule has 29 heavy (non-hydrogen) atoms. The van der Waals surface area contributed by atoms with Crippen LogP contribution in [0.2, 0.25) is 0 Å². The highest BCUT2D eigenvalue weighted by molar-refractivity contribution is 14.1. The summed E-state index contributed by atoms with van der Waals surface area (Å²) in [4.78, 5) is 0. The molecular weight excluding hydrogens is 467 g/mol. The van der Waals surface area contributed by atoms with Gasteiger partial charge in [0.05, 0.1) is 6.10 Å². The van der Waals surface area contributed by atoms with Crippen molar-refractivity contribution in [3.05, 3.63) is 11.6 Å². The molecule has 1 unspecified atom stereocenters. The maximum atomic E-state index is 10.3. The van der Waals surface area contributed by atoms with E-state index in [1.165, 1.54) is 62.2 Å². The van der Waals surface area contributed by atoms with Gasteiger partial charge in [0.2, 0.25) is 0 Å². The second kappa shape index (κ2) is 8.75. The van der Waals surface area contributed by atoms with E-state index in [2.05, 4.69) is 56.4 Å². The summed E-state index contributed by atoms with van der Waals surface area (Å²) in [5.41, 5.74) is 2.65. The van der Waals surface area contributed by atoms with Gasteiger partial charge in [-0.25, -0.2) is 0 Å². The Morgan fingerprint density at radius 3 is 2.59 bits per heavy atom. The minimum Gasteiger partial charge on any atom is -0.393 e. The molecule has 0 aromatic carbocycles. The molecule has 0 heterocycles. The molecule has 1 N–H and O–H groups in total. The van der Waals surface area contributed by atoms with Crippen LogP contribution in [0.3, 0.4) is 0 Å². The molecule has 0 aliphatic heterocycles. The van der Waals surface area contributed by atoms with E-state index in [1.807, 2.05) is 0 Å². The first-order valence-corrected chi connectivity index (χ1v) is 14.3. The minimum atomic E-state index is -0.0784. The van der Waals surface area contributed by atoms with Crippen molar-refractivity contribution in [2.75, 3.05) is 4.43 Å². The average molecular weight is 513 g/mol. The number of fused-ring (bicyclic) bond motifs is 5. The number of rotatable bonds is 6. The van der Waals surface area contributed by atoms with Crippen molar-refractivity contribution in [1.82, 2.24) is 0 Å². The Bertz CT molecular complexity index is 612. The van der Waals surface area contributed by atoms with Crippen LogP contribution >= 0.6 is 22.6 Å². The van der Waals surface area contributed by atoms with Crippen molar-refractivity contribution in [3.8, 4) is 0 Å². The van der Waals surface area contributed by atoms with Crippen LogP contribution in [0.1, 0.15) is 98.3 Å². The first-order valence-electron chi connectivity index (χ1n) is 12.8. The molecule has 3 saturated carbocycles. The zero-order chi connectivity index (χ0) is 20.8. The van der Waals surface area contributed by atoms with E-state index in [0.29, 0.717) is 10.8 Å². The van der Waals surface area contributed by atoms with E-state index < -0.39 is 0 Å². The lowest BCUT2D eigenvalue weighted by Gasteiger charge is -2.59. The largest absolute Gasteiger partial charge is 0.393 e. The highest BCUT2D eigenvalue weighted by Gasteiger charge is 2.59. The van der Waals surface area contributed by atoms with Crippen LogP contribution in [0.4, 0.5) is 0 Å². The fourth-order valence-electron chi connectivity index (χ4n) is 8.71. The van der Waals surface area contributed by atoms with E-state index >= 15 is 0 Å². The molecule has 0 aromatic heterocycles. The standard InChI is InChI=1S/C27H45IO/c1-18(2)6-5-7-19(3)23-10-11-24-22-9-8-20-16-21(29)12-15-27(20,17-28)25(22)13-14-26(23,24)4/h8,18-19,21-25,29H,5-7,9-17H2,1-4H3/t19-,21?,22+,23-,24+,25+,26-,27-/m1/s1. The summed E-state index contributed by atoms with van der Waals surface area (Å²) in [5.74, 6) is 5.46. The third-order valence-corrected chi connectivity index (χ3v) is 11.6. The van der Waals surface area contributed by atoms with Crippen LogP contribution < -0.4 is 0 Å². The fourth-order valence-corrected chi connectivity index (χ4v) is 10.1. The molecule has 0 amide bonds. The highest BCUT2D eigenvalue weighted by Crippen LogP contribution is 2.67. The molecule has 3 fully saturated rings. The molecule has 0 spiro atoms. The van der Waals surface area contributed by atoms with Crippen molar-refractivity contribution in [2.45, 2.75) is 104 Å². The van der Waals surface area contributed by atoms with Gasteiger partial charge in [0.25, 0.3) is 0 Å². The Hall–Kier alpha value is 0.430. The molecule has 1 nitrogen and oxygen atoms in total. The Labute approximate surface area is 194 Å². The molecule has 0 saturated heterocycles. The third-order valence-electron chi connectivity index (χ3n) is 10.2. The van der Waals surface area contributed by atoms with Crippen LogP contribution in [-0.2, 0) is 0 Å². The van der Waals surface area contributed by atoms with Crippen LogP contribution in [0.5, 0.6) is 0 Å². The van der Waals surface area contributed by atoms with Gasteiger partial charge in [-0.05, 0) is 92.3 Å². The molecule has 8 atom stereocenters. The SMILES string of the molecule is CC(C)CCC[C@@H](C)[C@H]1CC[C@H]2[C@@H]3CC=C4CC(O)CC[C@]4(CI)[C@H]3CC[C@]12C. The van der Waals surface area contributed by atoms with Crippen molar-refractivity contribution >= 4 is 22.6 Å². The van der Waals surface area contributed by atoms with E-state index in [1.54, 1.807) is 5.57 Å². The number of alkyl halides is 1. The first kappa shape index (κ1) is 22.6. The molecular formula is C27H45IO. The van der Waals surface area contributed by atoms with Gasteiger partial charge in [-0.3, -0.25) is 0 Å². The van der Waals surface area contributed by atoms with Gasteiger partial charge in [-0.15, -0.1) is 0 Å². The quantitative estimate of drug-likeness (QED) is 0.219. The summed E-state index contributed by atoms with van der Waals surface area (Å²) < 4.78 is 1.27. The van der Waals surface area contributed by atoms with Crippen LogP contribution in [0, 0.1) is 46.3 Å². The minimum absolute atomic E-state index is 0.0784. The lowest BCUT2D eigenvalue weighted by Crippen LogP contribution is -2.52. The van der Waals surface area contributed by atoms with E-state index in [4.69, 9.17) is 0 Å². The molecule has 4 aliphatic carbocycles. The Balaban J connectivity index is 1.51. The Morgan fingerprint density at radius 1 is 1.07 bits per heavy atom. The van der Waals surface area contributed by atoms with Gasteiger partial charge in [-0.2, -0.15) is 0 Å². The van der Waals surface area contributed by atoms with Crippen molar-refractivity contribution in [2.24, 2.45) is 46.3 Å². The maximum Gasteiger partial charge on any atom is 0.0577 e. The lowest BCUT2D eigenvalue weighted by molar-refractivity contribution is -0.0548. The number of hydrogen-bond donors (Lipinski definition) is 1. The van der Waals surface area contributed by atoms with Gasteiger partial charge in [0.1, 0.15) is 0 Å². The number of hydrogen-bond acceptors (Lipinski definition) is 1. The maximum absolute atomic E-state index is 10.3. The zero-order valence-electron chi connectivity index (χ0n) is 19.4. The molecule has 0 radical (unpaired) electrons. The normalized spacial score (nSPS) is 45.3. The summed E-state index contributed by atoms with van der Waals surface area (Å²) in [7, 11) is 0. The van der Waals surface area contributed by atoms with Crippen molar-refractivity contribution in [1.29, 1.82) is 0 Å². The molecule has 166 valence electrons. The van der Waals surface area contributed by atoms with Crippen molar-refractivity contribution in [3.63, 3.8) is 0 Å². The van der Waals surface area contributed by atoms with Gasteiger partial charge >= 0.3 is 0 Å². The molecule has 2 heteroatoms. The Kier molecular flexibility index (Phi) is 6.83. The van der Waals surface area contributed by atoms with Gasteiger partial charge in [-0.1, -0.05) is 81.2 Å². The first-order chi connectivity index (χ1) is 13.8. The monoisotopic (exact) mass is 512 g/mol. The summed E-state index contributed by atoms with van der Waals surface area (Å²) in [6.45, 7) is 10.0. The zero-order valence-corrected chi connectivity index (χ0v) is 21.6. The number of allylic oxidation sites excluding steroid dienone is 1. The van der Waals surface area contributed by atoms with Gasteiger partial charge < -0.3 is 5.11 Å². The number of aliphatic hydroxyl groups excluding tert-OH is 1. The molecule has 0 bridgehead atoms. The molecule has 0 aromatic rings. The van der Waals surface area contributed by atoms with Crippen molar-refractivity contribution < 1.29 is 5.11 Å². The topological polar surface area (TPSA) is 20.2 Å². The number of halogens is 1. The highest BCUT2D eigenvalue weighted by atomic mass is 127. The van der Waals surface area contributed by atoms with E-state index in [0.717, 1.165) is 48.3 Å². The number of aliphatic hydroxyl groups is 1. The molecule has 4 rings (SSSR count). The predicted molar refractivity (Wildman–Crippen MR) is 132 cm³/mol. The van der Waals surface area contributed by atoms with Crippen LogP contribution in [0.25, 0.3) is 0 Å². The van der Waals surface area contributed by atoms with Crippen LogP contribution in [0.15, 0.2) is 11.6 Å². The Morgan fingerprint density at radius 2 is 1.86 bits per heavy atom. The van der Waals surface area contributed by atoms with E-state index in [-0.39, 0.29) is 6.10 Å². The molecule has 4 aliphatic rings. The van der Waals surface area contributed by atoms with Gasteiger partial charge in [0.15, 0.2) is 0 Å². The predicted octanol–water partition coefficient (Wildman–Crippen LogP) is 7.80. The second-order valence-corrected chi connectivity index (χ2v) is 12.8.